The molecule has 0 aliphatic heterocycles. The van der Waals surface area contributed by atoms with Crippen LogP contribution in [-0.2, 0) is 0 Å². The summed E-state index contributed by atoms with van der Waals surface area (Å²) in [5.74, 6) is 1.46. The largest absolute Gasteiger partial charge is 0.388 e. The molecule has 1 saturated carbocycles. The van der Waals surface area contributed by atoms with Crippen molar-refractivity contribution >= 4 is 16.9 Å². The number of para-hydroxylation sites is 2. The number of hydrogen-bond donors (Lipinski definition) is 2. The van der Waals surface area contributed by atoms with Crippen LogP contribution in [0.1, 0.15) is 32.6 Å². The zero-order chi connectivity index (χ0) is 14.0. The van der Waals surface area contributed by atoms with Gasteiger partial charge in [-0.15, -0.1) is 0 Å². The van der Waals surface area contributed by atoms with Crippen LogP contribution in [0.2, 0.25) is 0 Å². The molecule has 0 unspecified atom stereocenters. The molecule has 0 saturated heterocycles. The number of rotatable bonds is 3. The highest BCUT2D eigenvalue weighted by Crippen LogP contribution is 2.31. The Hall–Kier alpha value is -1.68. The summed E-state index contributed by atoms with van der Waals surface area (Å²) in [6.07, 6.45) is 5.66. The van der Waals surface area contributed by atoms with E-state index in [1.54, 1.807) is 6.20 Å². The molecule has 0 amide bonds. The molecular weight excluding hydrogens is 250 g/mol. The second-order valence-electron chi connectivity index (χ2n) is 6.00. The highest BCUT2D eigenvalue weighted by molar-refractivity contribution is 5.75. The molecule has 1 aromatic heterocycles. The molecule has 0 spiro atoms. The van der Waals surface area contributed by atoms with Gasteiger partial charge in [-0.05, 0) is 43.7 Å². The normalized spacial score (nSPS) is 26.6. The summed E-state index contributed by atoms with van der Waals surface area (Å²) in [5, 5.41) is 13.8. The number of anilines is 1. The van der Waals surface area contributed by atoms with Crippen LogP contribution in [0, 0.1) is 5.92 Å². The molecule has 4 nitrogen and oxygen atoms in total. The van der Waals surface area contributed by atoms with Gasteiger partial charge in [0.25, 0.3) is 0 Å². The lowest BCUT2D eigenvalue weighted by Crippen LogP contribution is -2.40. The summed E-state index contributed by atoms with van der Waals surface area (Å²) in [4.78, 5) is 8.89. The number of aliphatic hydroxyl groups is 1. The van der Waals surface area contributed by atoms with Gasteiger partial charge in [0.2, 0.25) is 0 Å². The first-order valence-corrected chi connectivity index (χ1v) is 7.33. The molecule has 1 heterocycles. The van der Waals surface area contributed by atoms with Crippen LogP contribution in [0.25, 0.3) is 11.0 Å². The molecule has 1 aliphatic carbocycles. The van der Waals surface area contributed by atoms with Crippen molar-refractivity contribution in [3.63, 3.8) is 0 Å². The second kappa shape index (κ2) is 5.37. The van der Waals surface area contributed by atoms with E-state index in [1.165, 1.54) is 0 Å². The first kappa shape index (κ1) is 13.3. The lowest BCUT2D eigenvalue weighted by atomic mass is 9.79. The fourth-order valence-electron chi connectivity index (χ4n) is 2.77. The molecule has 0 radical (unpaired) electrons. The van der Waals surface area contributed by atoms with Gasteiger partial charge in [-0.2, -0.15) is 0 Å². The van der Waals surface area contributed by atoms with E-state index in [-0.39, 0.29) is 0 Å². The molecule has 3 rings (SSSR count). The molecule has 20 heavy (non-hydrogen) atoms. The molecular formula is C16H21N3O. The molecule has 106 valence electrons. The highest BCUT2D eigenvalue weighted by Gasteiger charge is 2.31. The minimum absolute atomic E-state index is 0.548. The lowest BCUT2D eigenvalue weighted by molar-refractivity contribution is 0.00495. The van der Waals surface area contributed by atoms with Crippen LogP contribution in [0.5, 0.6) is 0 Å². The van der Waals surface area contributed by atoms with Crippen molar-refractivity contribution in [2.24, 2.45) is 5.92 Å². The van der Waals surface area contributed by atoms with E-state index in [0.717, 1.165) is 48.5 Å². The van der Waals surface area contributed by atoms with E-state index in [2.05, 4.69) is 22.2 Å². The molecule has 1 aromatic carbocycles. The maximum absolute atomic E-state index is 10.6. The quantitative estimate of drug-likeness (QED) is 0.901. The van der Waals surface area contributed by atoms with Crippen LogP contribution < -0.4 is 5.32 Å². The minimum Gasteiger partial charge on any atom is -0.388 e. The Morgan fingerprint density at radius 3 is 2.70 bits per heavy atom. The average Bonchev–Trinajstić information content (AvgIpc) is 2.48. The van der Waals surface area contributed by atoms with Gasteiger partial charge >= 0.3 is 0 Å². The number of nitrogens with one attached hydrogen (secondary N) is 1. The fraction of sp³-hybridized carbons (Fsp3) is 0.500. The molecule has 0 atom stereocenters. The van der Waals surface area contributed by atoms with Crippen LogP contribution in [0.15, 0.2) is 30.5 Å². The third-order valence-corrected chi connectivity index (χ3v) is 4.25. The summed E-state index contributed by atoms with van der Waals surface area (Å²) in [7, 11) is 0. The first-order chi connectivity index (χ1) is 9.65. The smallest absolute Gasteiger partial charge is 0.145 e. The van der Waals surface area contributed by atoms with Gasteiger partial charge in [0.05, 0.1) is 22.8 Å². The van der Waals surface area contributed by atoms with E-state index in [9.17, 15) is 5.11 Å². The molecule has 1 aliphatic rings. The first-order valence-electron chi connectivity index (χ1n) is 7.33. The van der Waals surface area contributed by atoms with Crippen molar-refractivity contribution < 1.29 is 5.11 Å². The maximum atomic E-state index is 10.6. The summed E-state index contributed by atoms with van der Waals surface area (Å²) >= 11 is 0. The third-order valence-electron chi connectivity index (χ3n) is 4.25. The van der Waals surface area contributed by atoms with Crippen molar-refractivity contribution in [2.45, 2.75) is 38.2 Å². The van der Waals surface area contributed by atoms with Gasteiger partial charge < -0.3 is 10.4 Å². The Morgan fingerprint density at radius 2 is 1.95 bits per heavy atom. The number of aromatic nitrogens is 2. The Morgan fingerprint density at radius 1 is 1.25 bits per heavy atom. The van der Waals surface area contributed by atoms with Gasteiger partial charge in [0.15, 0.2) is 0 Å². The summed E-state index contributed by atoms with van der Waals surface area (Å²) in [6.45, 7) is 2.80. The number of hydrogen-bond acceptors (Lipinski definition) is 4. The monoisotopic (exact) mass is 271 g/mol. The summed E-state index contributed by atoms with van der Waals surface area (Å²) in [6, 6.07) is 7.81. The predicted molar refractivity (Wildman–Crippen MR) is 80.6 cm³/mol. The summed E-state index contributed by atoms with van der Waals surface area (Å²) in [5.41, 5.74) is 1.17. The average molecular weight is 271 g/mol. The Balaban J connectivity index is 1.67. The van der Waals surface area contributed by atoms with Gasteiger partial charge in [0.1, 0.15) is 5.82 Å². The van der Waals surface area contributed by atoms with E-state index in [4.69, 9.17) is 0 Å². The Bertz CT molecular complexity index is 591. The third kappa shape index (κ3) is 2.90. The van der Waals surface area contributed by atoms with Gasteiger partial charge in [-0.25, -0.2) is 4.98 Å². The second-order valence-corrected chi connectivity index (χ2v) is 6.00. The van der Waals surface area contributed by atoms with Crippen molar-refractivity contribution in [2.75, 3.05) is 11.9 Å². The van der Waals surface area contributed by atoms with Gasteiger partial charge in [-0.1, -0.05) is 19.1 Å². The Labute approximate surface area is 119 Å². The van der Waals surface area contributed by atoms with E-state index in [0.29, 0.717) is 6.54 Å². The van der Waals surface area contributed by atoms with Gasteiger partial charge in [0, 0.05) is 6.54 Å². The van der Waals surface area contributed by atoms with Gasteiger partial charge in [-0.3, -0.25) is 4.98 Å². The topological polar surface area (TPSA) is 58.0 Å². The highest BCUT2D eigenvalue weighted by atomic mass is 16.3. The maximum Gasteiger partial charge on any atom is 0.145 e. The SMILES string of the molecule is CC1CCC(O)(CNc2cnc3ccccc3n2)CC1. The number of nitrogens with zero attached hydrogens (tertiary/aromatic N) is 2. The van der Waals surface area contributed by atoms with Crippen molar-refractivity contribution in [1.82, 2.24) is 9.97 Å². The van der Waals surface area contributed by atoms with Crippen LogP contribution in [0.4, 0.5) is 5.82 Å². The van der Waals surface area contributed by atoms with Crippen LogP contribution in [0.3, 0.4) is 0 Å². The molecule has 2 aromatic rings. The zero-order valence-corrected chi connectivity index (χ0v) is 11.8. The fourth-order valence-corrected chi connectivity index (χ4v) is 2.77. The zero-order valence-electron chi connectivity index (χ0n) is 11.8. The van der Waals surface area contributed by atoms with E-state index >= 15 is 0 Å². The van der Waals surface area contributed by atoms with Crippen molar-refractivity contribution in [1.29, 1.82) is 0 Å². The number of fused-ring (bicyclic) bond motifs is 1. The minimum atomic E-state index is -0.597. The predicted octanol–water partition coefficient (Wildman–Crippen LogP) is 2.98. The molecule has 2 N–H and O–H groups in total. The van der Waals surface area contributed by atoms with E-state index in [1.807, 2.05) is 24.3 Å². The number of benzene rings is 1. The Kier molecular flexibility index (Phi) is 3.57. The summed E-state index contributed by atoms with van der Waals surface area (Å²) < 4.78 is 0. The van der Waals surface area contributed by atoms with Crippen molar-refractivity contribution in [3.05, 3.63) is 30.5 Å². The molecule has 0 bridgehead atoms. The lowest BCUT2D eigenvalue weighted by Gasteiger charge is -2.35. The van der Waals surface area contributed by atoms with Crippen LogP contribution in [-0.4, -0.2) is 27.2 Å². The molecule has 1 fully saturated rings. The van der Waals surface area contributed by atoms with Crippen molar-refractivity contribution in [3.8, 4) is 0 Å². The standard InChI is InChI=1S/C16H21N3O/c1-12-6-8-16(20,9-7-12)11-18-15-10-17-13-4-2-3-5-14(13)19-15/h2-5,10,12,20H,6-9,11H2,1H3,(H,18,19). The molecule has 4 heteroatoms. The van der Waals surface area contributed by atoms with Crippen LogP contribution >= 0.6 is 0 Å². The van der Waals surface area contributed by atoms with E-state index < -0.39 is 5.60 Å².